The number of carbonyl (C=O) groups is 2. The number of benzene rings is 2. The summed E-state index contributed by atoms with van der Waals surface area (Å²) in [6, 6.07) is 10.1. The molecule has 0 saturated heterocycles. The number of carbonyl (C=O) groups excluding carboxylic acids is 2. The smallest absolute Gasteiger partial charge is 0.185 e. The molecule has 47 heavy (non-hydrogen) atoms. The summed E-state index contributed by atoms with van der Waals surface area (Å²) in [7, 11) is 1.32. The van der Waals surface area contributed by atoms with E-state index in [9.17, 15) is 34.4 Å². The number of aliphatic hydroxyl groups excluding tert-OH is 3. The van der Waals surface area contributed by atoms with Crippen molar-refractivity contribution < 1.29 is 43.9 Å². The van der Waals surface area contributed by atoms with Crippen molar-refractivity contribution in [2.24, 2.45) is 34.5 Å². The molecule has 4 aliphatic rings. The maximum Gasteiger partial charge on any atom is 0.185 e. The Bertz CT molecular complexity index is 1550. The number of rotatable bonds is 8. The van der Waals surface area contributed by atoms with Gasteiger partial charge in [0.15, 0.2) is 29.4 Å². The SMILES string of the molecule is CC12C=CC(=O)C=C1CCC1C2C(O)CC2(C)C(C(=O)CO)CCC12.COc1ccc(OCCc2cccc(N)c2)c(F)c1C(O)O. The second-order valence-corrected chi connectivity index (χ2v) is 13.8. The maximum atomic E-state index is 14.2. The van der Waals surface area contributed by atoms with Gasteiger partial charge in [0.25, 0.3) is 0 Å². The van der Waals surface area contributed by atoms with Crippen LogP contribution in [0.3, 0.4) is 0 Å². The number of halogens is 1. The molecule has 7 atom stereocenters. The highest BCUT2D eigenvalue weighted by molar-refractivity contribution is 6.01. The fraction of sp³-hybridized carbons (Fsp3) is 0.514. The number of fused-ring (bicyclic) bond motifs is 5. The lowest BCUT2D eigenvalue weighted by molar-refractivity contribution is -0.141. The monoisotopic (exact) mass is 651 g/mol. The number of hydrogen-bond donors (Lipinski definition) is 5. The van der Waals surface area contributed by atoms with Crippen molar-refractivity contribution in [3.63, 3.8) is 0 Å². The van der Waals surface area contributed by atoms with Gasteiger partial charge in [-0.25, -0.2) is 4.39 Å². The van der Waals surface area contributed by atoms with Crippen molar-refractivity contribution in [3.8, 4) is 11.5 Å². The molecule has 7 unspecified atom stereocenters. The highest BCUT2D eigenvalue weighted by Crippen LogP contribution is 2.66. The van der Waals surface area contributed by atoms with Gasteiger partial charge < -0.3 is 35.6 Å². The van der Waals surface area contributed by atoms with E-state index in [1.807, 2.05) is 24.3 Å². The van der Waals surface area contributed by atoms with Crippen LogP contribution in [-0.4, -0.2) is 58.4 Å². The van der Waals surface area contributed by atoms with Crippen LogP contribution in [-0.2, 0) is 16.0 Å². The van der Waals surface area contributed by atoms with Crippen molar-refractivity contribution >= 4 is 17.3 Å². The zero-order valence-electron chi connectivity index (χ0n) is 27.2. The summed E-state index contributed by atoms with van der Waals surface area (Å²) in [5.74, 6) is -0.123. The van der Waals surface area contributed by atoms with Crippen LogP contribution in [0.25, 0.3) is 0 Å². The molecule has 0 radical (unpaired) electrons. The number of allylic oxidation sites excluding steroid dienone is 4. The Morgan fingerprint density at radius 2 is 1.87 bits per heavy atom. The lowest BCUT2D eigenvalue weighted by Crippen LogP contribution is -2.56. The number of aliphatic hydroxyl groups is 4. The van der Waals surface area contributed by atoms with E-state index in [4.69, 9.17) is 15.2 Å². The van der Waals surface area contributed by atoms with Gasteiger partial charge in [0, 0.05) is 29.4 Å². The molecule has 4 aliphatic carbocycles. The van der Waals surface area contributed by atoms with E-state index in [2.05, 4.69) is 13.8 Å². The number of nitrogens with two attached hydrogens (primary N) is 1. The summed E-state index contributed by atoms with van der Waals surface area (Å²) >= 11 is 0. The topological polar surface area (TPSA) is 160 Å². The zero-order chi connectivity index (χ0) is 34.1. The molecule has 0 amide bonds. The average Bonchev–Trinajstić information content (AvgIpc) is 3.38. The molecular weight excluding hydrogens is 605 g/mol. The fourth-order valence-corrected chi connectivity index (χ4v) is 9.08. The number of nitrogen functional groups attached to an aromatic ring is 1. The van der Waals surface area contributed by atoms with Gasteiger partial charge in [0.1, 0.15) is 12.4 Å². The molecule has 3 fully saturated rings. The van der Waals surface area contributed by atoms with Gasteiger partial charge in [-0.1, -0.05) is 37.6 Å². The molecule has 0 aliphatic heterocycles. The van der Waals surface area contributed by atoms with E-state index < -0.39 is 24.8 Å². The molecule has 0 heterocycles. The number of ether oxygens (including phenoxy) is 2. The number of Topliss-reactive ketones (excluding diaryl/α,β-unsaturated/α-hetero) is 1. The van der Waals surface area contributed by atoms with Gasteiger partial charge in [0.05, 0.1) is 25.4 Å². The Kier molecular flexibility index (Phi) is 10.3. The number of ketones is 2. The molecule has 6 rings (SSSR count). The molecule has 6 N–H and O–H groups in total. The first kappa shape index (κ1) is 34.8. The molecule has 0 bridgehead atoms. The summed E-state index contributed by atoms with van der Waals surface area (Å²) in [5.41, 5.74) is 7.65. The van der Waals surface area contributed by atoms with Crippen molar-refractivity contribution in [2.45, 2.75) is 64.8 Å². The minimum Gasteiger partial charge on any atom is -0.496 e. The summed E-state index contributed by atoms with van der Waals surface area (Å²) in [6.45, 7) is 4.15. The molecule has 2 aromatic rings. The van der Waals surface area contributed by atoms with E-state index in [-0.39, 0.29) is 57.9 Å². The van der Waals surface area contributed by atoms with Gasteiger partial charge >= 0.3 is 0 Å². The number of methoxy groups -OCH3 is 1. The molecular formula is C37H46FNO8. The molecule has 254 valence electrons. The van der Waals surface area contributed by atoms with Gasteiger partial charge in [0.2, 0.25) is 0 Å². The van der Waals surface area contributed by atoms with Crippen LogP contribution in [0.2, 0.25) is 0 Å². The van der Waals surface area contributed by atoms with Crippen molar-refractivity contribution in [1.82, 2.24) is 0 Å². The summed E-state index contributed by atoms with van der Waals surface area (Å²) in [6.07, 6.45) is 7.82. The van der Waals surface area contributed by atoms with E-state index in [1.54, 1.807) is 18.2 Å². The fourth-order valence-electron chi connectivity index (χ4n) is 9.08. The lowest BCUT2D eigenvalue weighted by Gasteiger charge is -2.58. The van der Waals surface area contributed by atoms with Crippen LogP contribution < -0.4 is 15.2 Å². The summed E-state index contributed by atoms with van der Waals surface area (Å²) in [5, 5.41) is 39.0. The van der Waals surface area contributed by atoms with Crippen LogP contribution in [0, 0.1) is 40.3 Å². The van der Waals surface area contributed by atoms with Crippen LogP contribution in [0.4, 0.5) is 10.1 Å². The van der Waals surface area contributed by atoms with E-state index in [1.165, 1.54) is 19.2 Å². The third kappa shape index (κ3) is 6.61. The van der Waals surface area contributed by atoms with Gasteiger partial charge in [-0.3, -0.25) is 9.59 Å². The Morgan fingerprint density at radius 1 is 1.13 bits per heavy atom. The molecule has 2 aromatic carbocycles. The first-order valence-corrected chi connectivity index (χ1v) is 16.3. The lowest BCUT2D eigenvalue weighted by atomic mass is 9.46. The van der Waals surface area contributed by atoms with Crippen LogP contribution >= 0.6 is 0 Å². The molecule has 0 spiro atoms. The summed E-state index contributed by atoms with van der Waals surface area (Å²) in [4.78, 5) is 24.1. The minimum atomic E-state index is -1.98. The van der Waals surface area contributed by atoms with Crippen molar-refractivity contribution in [2.75, 3.05) is 26.1 Å². The Labute approximate surface area is 274 Å². The standard InChI is InChI=1S/C21H28O4.C16H18FNO4/c1-20-8-7-13(23)9-12(20)3-4-14-15-5-6-16(18(25)11-22)21(15,2)10-17(24)19(14)20;1-21-12-5-6-13(15(17)14(12)16(19)20)22-8-7-10-3-2-4-11(18)9-10/h7-9,14-17,19,22,24H,3-6,10-11H2,1-2H3;2-6,9,16,19-20H,7-8,18H2,1H3. The van der Waals surface area contributed by atoms with Crippen molar-refractivity contribution in [1.29, 1.82) is 0 Å². The third-order valence-corrected chi connectivity index (χ3v) is 11.2. The Balaban J connectivity index is 0.000000186. The first-order valence-electron chi connectivity index (χ1n) is 16.3. The molecule has 10 heteroatoms. The van der Waals surface area contributed by atoms with E-state index in [0.29, 0.717) is 30.4 Å². The van der Waals surface area contributed by atoms with Gasteiger partial charge in [-0.05, 0) is 91.3 Å². The Morgan fingerprint density at radius 3 is 2.55 bits per heavy atom. The summed E-state index contributed by atoms with van der Waals surface area (Å²) < 4.78 is 24.5. The highest BCUT2D eigenvalue weighted by atomic mass is 19.1. The van der Waals surface area contributed by atoms with E-state index in [0.717, 1.165) is 36.8 Å². The van der Waals surface area contributed by atoms with Crippen LogP contribution in [0.5, 0.6) is 11.5 Å². The van der Waals surface area contributed by atoms with Gasteiger partial charge in [-0.2, -0.15) is 0 Å². The Hall–Kier alpha value is -3.57. The van der Waals surface area contributed by atoms with E-state index >= 15 is 0 Å². The first-order chi connectivity index (χ1) is 22.3. The molecule has 3 saturated carbocycles. The largest absolute Gasteiger partial charge is 0.496 e. The quantitative estimate of drug-likeness (QED) is 0.205. The van der Waals surface area contributed by atoms with Crippen LogP contribution in [0.15, 0.2) is 60.2 Å². The third-order valence-electron chi connectivity index (χ3n) is 11.2. The van der Waals surface area contributed by atoms with Crippen molar-refractivity contribution in [3.05, 3.63) is 77.1 Å². The van der Waals surface area contributed by atoms with Crippen LogP contribution in [0.1, 0.15) is 63.4 Å². The number of hydrogen-bond acceptors (Lipinski definition) is 9. The number of anilines is 1. The predicted octanol–water partition coefficient (Wildman–Crippen LogP) is 4.46. The highest BCUT2D eigenvalue weighted by Gasteiger charge is 2.62. The minimum absolute atomic E-state index is 0.0514. The second kappa shape index (κ2) is 13.9. The maximum absolute atomic E-state index is 14.2. The van der Waals surface area contributed by atoms with Gasteiger partial charge in [-0.15, -0.1) is 0 Å². The molecule has 0 aromatic heterocycles. The zero-order valence-corrected chi connectivity index (χ0v) is 27.2. The normalized spacial score (nSPS) is 30.8. The molecule has 9 nitrogen and oxygen atoms in total. The predicted molar refractivity (Wildman–Crippen MR) is 174 cm³/mol. The average molecular weight is 652 g/mol. The second-order valence-electron chi connectivity index (χ2n) is 13.8.